The lowest BCUT2D eigenvalue weighted by molar-refractivity contribution is 0.0497. The average Bonchev–Trinajstić information content (AvgIpc) is 2.99. The Kier molecular flexibility index (Phi) is 4.66. The summed E-state index contributed by atoms with van der Waals surface area (Å²) in [5.74, 6) is 1.06. The first kappa shape index (κ1) is 15.6. The van der Waals surface area contributed by atoms with Crippen LogP contribution in [0.3, 0.4) is 0 Å². The van der Waals surface area contributed by atoms with E-state index in [0.717, 1.165) is 24.4 Å². The van der Waals surface area contributed by atoms with Crippen LogP contribution < -0.4 is 5.32 Å². The lowest BCUT2D eigenvalue weighted by atomic mass is 9.91. The molecule has 1 aliphatic rings. The molecular formula is C16H21N5O2. The second-order valence-corrected chi connectivity index (χ2v) is 5.82. The second kappa shape index (κ2) is 6.87. The van der Waals surface area contributed by atoms with Gasteiger partial charge in [-0.15, -0.1) is 0 Å². The van der Waals surface area contributed by atoms with E-state index in [1.54, 1.807) is 18.5 Å². The van der Waals surface area contributed by atoms with Crippen molar-refractivity contribution in [1.29, 1.82) is 0 Å². The third-order valence-electron chi connectivity index (χ3n) is 4.16. The van der Waals surface area contributed by atoms with Gasteiger partial charge >= 0.3 is 0 Å². The predicted octanol–water partition coefficient (Wildman–Crippen LogP) is 1.42. The molecule has 1 N–H and O–H groups in total. The first-order valence-electron chi connectivity index (χ1n) is 7.80. The summed E-state index contributed by atoms with van der Waals surface area (Å²) in [6.07, 6.45) is 7.02. The molecule has 0 bridgehead atoms. The second-order valence-electron chi connectivity index (χ2n) is 5.82. The van der Waals surface area contributed by atoms with Crippen LogP contribution in [0.25, 0.3) is 0 Å². The molecule has 1 amide bonds. The van der Waals surface area contributed by atoms with Crippen LogP contribution in [0, 0.1) is 12.8 Å². The van der Waals surface area contributed by atoms with Gasteiger partial charge in [-0.05, 0) is 31.7 Å². The number of nitrogens with zero attached hydrogens (tertiary/aromatic N) is 4. The highest BCUT2D eigenvalue weighted by molar-refractivity contribution is 5.90. The standard InChI is InChI=1S/C16H21N5O2/c1-11-3-6-17-14(19-11)16(22)20-13(12-4-9-23-10-5-12)15-18-7-8-21(15)2/h3,6-8,12-13H,4-5,9-10H2,1-2H3,(H,20,22). The Morgan fingerprint density at radius 1 is 1.35 bits per heavy atom. The molecule has 7 nitrogen and oxygen atoms in total. The van der Waals surface area contributed by atoms with Gasteiger partial charge in [0.05, 0.1) is 6.04 Å². The molecule has 122 valence electrons. The summed E-state index contributed by atoms with van der Waals surface area (Å²) in [5.41, 5.74) is 0.768. The van der Waals surface area contributed by atoms with Crippen molar-refractivity contribution >= 4 is 5.91 Å². The van der Waals surface area contributed by atoms with Crippen molar-refractivity contribution in [3.63, 3.8) is 0 Å². The van der Waals surface area contributed by atoms with Gasteiger partial charge in [0.25, 0.3) is 5.91 Å². The minimum atomic E-state index is -0.270. The largest absolute Gasteiger partial charge is 0.381 e. The van der Waals surface area contributed by atoms with Crippen LogP contribution in [-0.2, 0) is 11.8 Å². The van der Waals surface area contributed by atoms with E-state index in [9.17, 15) is 4.79 Å². The fourth-order valence-electron chi connectivity index (χ4n) is 2.88. The monoisotopic (exact) mass is 315 g/mol. The molecule has 1 fully saturated rings. The number of nitrogens with one attached hydrogen (secondary N) is 1. The van der Waals surface area contributed by atoms with E-state index in [0.29, 0.717) is 19.1 Å². The van der Waals surface area contributed by atoms with Gasteiger partial charge in [-0.1, -0.05) is 0 Å². The maximum Gasteiger partial charge on any atom is 0.289 e. The Balaban J connectivity index is 1.83. The van der Waals surface area contributed by atoms with Crippen molar-refractivity contribution in [3.05, 3.63) is 42.0 Å². The molecule has 23 heavy (non-hydrogen) atoms. The number of aryl methyl sites for hydroxylation is 2. The molecule has 0 saturated carbocycles. The Labute approximate surface area is 135 Å². The molecule has 2 aromatic rings. The van der Waals surface area contributed by atoms with Crippen LogP contribution in [0.15, 0.2) is 24.7 Å². The van der Waals surface area contributed by atoms with Crippen molar-refractivity contribution in [3.8, 4) is 0 Å². The summed E-state index contributed by atoms with van der Waals surface area (Å²) < 4.78 is 7.38. The first-order valence-corrected chi connectivity index (χ1v) is 7.80. The van der Waals surface area contributed by atoms with E-state index < -0.39 is 0 Å². The van der Waals surface area contributed by atoms with E-state index in [1.165, 1.54) is 0 Å². The van der Waals surface area contributed by atoms with E-state index in [4.69, 9.17) is 4.74 Å². The molecule has 2 aromatic heterocycles. The highest BCUT2D eigenvalue weighted by Crippen LogP contribution is 2.29. The Bertz CT molecular complexity index is 679. The van der Waals surface area contributed by atoms with Crippen LogP contribution in [0.4, 0.5) is 0 Å². The van der Waals surface area contributed by atoms with Crippen LogP contribution in [0.2, 0.25) is 0 Å². The predicted molar refractivity (Wildman–Crippen MR) is 83.7 cm³/mol. The van der Waals surface area contributed by atoms with E-state index >= 15 is 0 Å². The molecule has 3 heterocycles. The van der Waals surface area contributed by atoms with E-state index in [2.05, 4.69) is 20.3 Å². The minimum Gasteiger partial charge on any atom is -0.381 e. The zero-order valence-corrected chi connectivity index (χ0v) is 13.4. The van der Waals surface area contributed by atoms with Gasteiger partial charge in [0.2, 0.25) is 5.82 Å². The number of carbonyl (C=O) groups is 1. The highest BCUT2D eigenvalue weighted by atomic mass is 16.5. The van der Waals surface area contributed by atoms with Crippen LogP contribution in [0.5, 0.6) is 0 Å². The van der Waals surface area contributed by atoms with Crippen LogP contribution in [0.1, 0.15) is 41.0 Å². The summed E-state index contributed by atoms with van der Waals surface area (Å²) in [7, 11) is 1.93. The van der Waals surface area contributed by atoms with E-state index in [1.807, 2.05) is 24.7 Å². The number of hydrogen-bond donors (Lipinski definition) is 1. The van der Waals surface area contributed by atoms with Crippen molar-refractivity contribution in [2.45, 2.75) is 25.8 Å². The molecule has 0 aliphatic carbocycles. The van der Waals surface area contributed by atoms with Gasteiger partial charge in [-0.2, -0.15) is 0 Å². The van der Waals surface area contributed by atoms with E-state index in [-0.39, 0.29) is 17.8 Å². The number of ether oxygens (including phenoxy) is 1. The summed E-state index contributed by atoms with van der Waals surface area (Å²) in [6, 6.07) is 1.60. The number of imidazole rings is 1. The Morgan fingerprint density at radius 3 is 2.78 bits per heavy atom. The van der Waals surface area contributed by atoms with Gasteiger partial charge < -0.3 is 14.6 Å². The number of aromatic nitrogens is 4. The average molecular weight is 315 g/mol. The maximum absolute atomic E-state index is 12.6. The zero-order chi connectivity index (χ0) is 16.2. The fraction of sp³-hybridized carbons (Fsp3) is 0.500. The molecule has 1 atom stereocenters. The zero-order valence-electron chi connectivity index (χ0n) is 13.4. The summed E-state index contributed by atoms with van der Waals surface area (Å²) in [4.78, 5) is 25.2. The van der Waals surface area contributed by atoms with Gasteiger partial charge in [0.15, 0.2) is 0 Å². The quantitative estimate of drug-likeness (QED) is 0.922. The molecule has 1 aliphatic heterocycles. The van der Waals surface area contributed by atoms with Crippen molar-refractivity contribution in [1.82, 2.24) is 24.8 Å². The van der Waals surface area contributed by atoms with Crippen molar-refractivity contribution in [2.75, 3.05) is 13.2 Å². The summed E-state index contributed by atoms with van der Waals surface area (Å²) in [6.45, 7) is 3.26. The number of carbonyl (C=O) groups excluding carboxylic acids is 1. The van der Waals surface area contributed by atoms with Crippen molar-refractivity contribution in [2.24, 2.45) is 13.0 Å². The number of amides is 1. The molecule has 3 rings (SSSR count). The van der Waals surface area contributed by atoms with Gasteiger partial charge in [0, 0.05) is 44.5 Å². The normalized spacial score (nSPS) is 17.0. The fourth-order valence-corrected chi connectivity index (χ4v) is 2.88. The van der Waals surface area contributed by atoms with Gasteiger partial charge in [-0.25, -0.2) is 15.0 Å². The molecule has 7 heteroatoms. The lowest BCUT2D eigenvalue weighted by Crippen LogP contribution is -2.38. The third-order valence-corrected chi connectivity index (χ3v) is 4.16. The lowest BCUT2D eigenvalue weighted by Gasteiger charge is -2.30. The summed E-state index contributed by atoms with van der Waals surface area (Å²) >= 11 is 0. The molecular weight excluding hydrogens is 294 g/mol. The molecule has 0 spiro atoms. The minimum absolute atomic E-state index is 0.171. The van der Waals surface area contributed by atoms with Crippen LogP contribution >= 0.6 is 0 Å². The summed E-state index contributed by atoms with van der Waals surface area (Å²) in [5, 5.41) is 3.07. The Morgan fingerprint density at radius 2 is 2.13 bits per heavy atom. The maximum atomic E-state index is 12.6. The van der Waals surface area contributed by atoms with Crippen LogP contribution in [-0.4, -0.2) is 38.6 Å². The Hall–Kier alpha value is -2.28. The smallest absolute Gasteiger partial charge is 0.289 e. The number of hydrogen-bond acceptors (Lipinski definition) is 5. The number of rotatable bonds is 4. The highest BCUT2D eigenvalue weighted by Gasteiger charge is 2.30. The molecule has 0 aromatic carbocycles. The molecule has 1 saturated heterocycles. The SMILES string of the molecule is Cc1ccnc(C(=O)NC(c2nccn2C)C2CCOCC2)n1. The third kappa shape index (κ3) is 3.56. The molecule has 0 radical (unpaired) electrons. The van der Waals surface area contributed by atoms with Gasteiger partial charge in [-0.3, -0.25) is 4.79 Å². The first-order chi connectivity index (χ1) is 11.1. The topological polar surface area (TPSA) is 81.9 Å². The molecule has 1 unspecified atom stereocenters. The van der Waals surface area contributed by atoms with Crippen molar-refractivity contribution < 1.29 is 9.53 Å². The van der Waals surface area contributed by atoms with Gasteiger partial charge in [0.1, 0.15) is 5.82 Å².